The Morgan fingerprint density at radius 1 is 1.05 bits per heavy atom. The number of para-hydroxylation sites is 1. The van der Waals surface area contributed by atoms with Gasteiger partial charge < -0.3 is 4.98 Å². The summed E-state index contributed by atoms with van der Waals surface area (Å²) in [7, 11) is -1.88. The van der Waals surface area contributed by atoms with E-state index in [0.29, 0.717) is 11.4 Å². The quantitative estimate of drug-likeness (QED) is 0.803. The Hall–Kier alpha value is -2.11. The van der Waals surface area contributed by atoms with Gasteiger partial charge in [-0.15, -0.1) is 0 Å². The van der Waals surface area contributed by atoms with Crippen molar-refractivity contribution >= 4 is 20.9 Å². The van der Waals surface area contributed by atoms with Crippen LogP contribution in [0.15, 0.2) is 59.6 Å². The van der Waals surface area contributed by atoms with E-state index in [9.17, 15) is 8.42 Å². The number of aromatic nitrogens is 1. The van der Waals surface area contributed by atoms with E-state index in [1.54, 1.807) is 19.2 Å². The summed E-state index contributed by atoms with van der Waals surface area (Å²) >= 11 is 0. The van der Waals surface area contributed by atoms with Gasteiger partial charge in [-0.05, 0) is 30.2 Å². The van der Waals surface area contributed by atoms with Crippen LogP contribution in [0.5, 0.6) is 0 Å². The van der Waals surface area contributed by atoms with Gasteiger partial charge in [-0.25, -0.2) is 8.42 Å². The summed E-state index contributed by atoms with van der Waals surface area (Å²) < 4.78 is 26.9. The van der Waals surface area contributed by atoms with Crippen molar-refractivity contribution in [2.75, 3.05) is 7.05 Å². The van der Waals surface area contributed by atoms with Gasteiger partial charge in [0, 0.05) is 30.7 Å². The van der Waals surface area contributed by atoms with Gasteiger partial charge in [0.15, 0.2) is 0 Å². The van der Waals surface area contributed by atoms with E-state index in [0.717, 1.165) is 22.0 Å². The van der Waals surface area contributed by atoms with E-state index < -0.39 is 10.0 Å². The highest BCUT2D eigenvalue weighted by atomic mass is 32.2. The van der Waals surface area contributed by atoms with Crippen LogP contribution in [0.3, 0.4) is 0 Å². The van der Waals surface area contributed by atoms with Gasteiger partial charge in [-0.3, -0.25) is 0 Å². The fourth-order valence-electron chi connectivity index (χ4n) is 2.60. The maximum atomic E-state index is 12.7. The molecule has 3 rings (SSSR count). The van der Waals surface area contributed by atoms with Crippen molar-refractivity contribution in [3.8, 4) is 0 Å². The Kier molecular flexibility index (Phi) is 3.76. The lowest BCUT2D eigenvalue weighted by molar-refractivity contribution is 0.467. The second-order valence-corrected chi connectivity index (χ2v) is 7.40. The summed E-state index contributed by atoms with van der Waals surface area (Å²) in [6.45, 7) is 2.15. The molecule has 0 saturated carbocycles. The molecule has 0 atom stereocenters. The molecule has 0 radical (unpaired) electrons. The first-order valence-electron chi connectivity index (χ1n) is 7.07. The first-order valence-corrected chi connectivity index (χ1v) is 8.51. The van der Waals surface area contributed by atoms with Gasteiger partial charge in [0.05, 0.1) is 4.90 Å². The van der Waals surface area contributed by atoms with Crippen molar-refractivity contribution in [1.82, 2.24) is 9.29 Å². The minimum absolute atomic E-state index is 0.334. The molecule has 0 unspecified atom stereocenters. The fraction of sp³-hybridized carbons (Fsp3) is 0.176. The molecule has 2 aromatic carbocycles. The molecule has 1 aromatic heterocycles. The molecule has 0 fully saturated rings. The van der Waals surface area contributed by atoms with E-state index in [4.69, 9.17) is 0 Å². The van der Waals surface area contributed by atoms with Crippen LogP contribution in [0.25, 0.3) is 10.9 Å². The molecule has 0 aliphatic heterocycles. The third-order valence-electron chi connectivity index (χ3n) is 3.85. The molecule has 0 aliphatic carbocycles. The molecule has 22 heavy (non-hydrogen) atoms. The number of benzene rings is 2. The number of aromatic amines is 1. The van der Waals surface area contributed by atoms with Gasteiger partial charge in [-0.1, -0.05) is 36.4 Å². The number of sulfonamides is 1. The average Bonchev–Trinajstić information content (AvgIpc) is 2.91. The monoisotopic (exact) mass is 314 g/mol. The third-order valence-corrected chi connectivity index (χ3v) is 5.81. The number of H-pyrrole nitrogens is 1. The van der Waals surface area contributed by atoms with Gasteiger partial charge in [0.25, 0.3) is 0 Å². The Bertz CT molecular complexity index is 913. The Morgan fingerprint density at radius 2 is 1.73 bits per heavy atom. The first-order chi connectivity index (χ1) is 10.5. The van der Waals surface area contributed by atoms with Crippen LogP contribution in [-0.2, 0) is 16.6 Å². The van der Waals surface area contributed by atoms with Crippen molar-refractivity contribution in [3.05, 3.63) is 65.9 Å². The van der Waals surface area contributed by atoms with Crippen LogP contribution in [-0.4, -0.2) is 24.8 Å². The topological polar surface area (TPSA) is 53.2 Å². The van der Waals surface area contributed by atoms with E-state index in [-0.39, 0.29) is 0 Å². The summed E-state index contributed by atoms with van der Waals surface area (Å²) in [5.41, 5.74) is 2.74. The van der Waals surface area contributed by atoms with Gasteiger partial charge in [0.1, 0.15) is 0 Å². The molecule has 1 heterocycles. The van der Waals surface area contributed by atoms with Crippen molar-refractivity contribution < 1.29 is 8.42 Å². The lowest BCUT2D eigenvalue weighted by Crippen LogP contribution is -2.27. The van der Waals surface area contributed by atoms with E-state index in [2.05, 4.69) is 4.98 Å². The zero-order valence-electron chi connectivity index (χ0n) is 12.6. The minimum atomic E-state index is -3.49. The molecule has 114 valence electrons. The second-order valence-electron chi connectivity index (χ2n) is 5.39. The summed E-state index contributed by atoms with van der Waals surface area (Å²) in [6.07, 6.45) is 1.87. The summed E-state index contributed by atoms with van der Waals surface area (Å²) in [5.74, 6) is 0. The van der Waals surface area contributed by atoms with Crippen molar-refractivity contribution in [1.29, 1.82) is 0 Å². The molecular formula is C17H18N2O2S. The van der Waals surface area contributed by atoms with Crippen LogP contribution >= 0.6 is 0 Å². The van der Waals surface area contributed by atoms with E-state index in [1.807, 2.05) is 49.5 Å². The predicted molar refractivity (Wildman–Crippen MR) is 88.1 cm³/mol. The highest BCUT2D eigenvalue weighted by Gasteiger charge is 2.23. The second kappa shape index (κ2) is 5.59. The molecule has 0 aliphatic rings. The highest BCUT2D eigenvalue weighted by Crippen LogP contribution is 2.23. The van der Waals surface area contributed by atoms with Crippen LogP contribution < -0.4 is 0 Å². The number of nitrogens with one attached hydrogen (secondary N) is 1. The number of hydrogen-bond donors (Lipinski definition) is 1. The first kappa shape index (κ1) is 14.8. The van der Waals surface area contributed by atoms with E-state index in [1.165, 1.54) is 4.31 Å². The SMILES string of the molecule is Cc1ccccc1S(=O)(=O)N(C)Cc1c[nH]c2ccccc12. The largest absolute Gasteiger partial charge is 0.361 e. The summed E-state index contributed by atoms with van der Waals surface area (Å²) in [4.78, 5) is 3.53. The molecule has 0 amide bonds. The summed E-state index contributed by atoms with van der Waals surface area (Å²) in [5, 5.41) is 1.05. The molecule has 1 N–H and O–H groups in total. The maximum Gasteiger partial charge on any atom is 0.243 e. The maximum absolute atomic E-state index is 12.7. The molecule has 3 aromatic rings. The number of fused-ring (bicyclic) bond motifs is 1. The number of aryl methyl sites for hydroxylation is 1. The lowest BCUT2D eigenvalue weighted by Gasteiger charge is -2.18. The normalized spacial score (nSPS) is 12.1. The smallest absolute Gasteiger partial charge is 0.243 e. The Balaban J connectivity index is 1.94. The predicted octanol–water partition coefficient (Wildman–Crippen LogP) is 3.30. The average molecular weight is 314 g/mol. The number of nitrogens with zero attached hydrogens (tertiary/aromatic N) is 1. The summed E-state index contributed by atoms with van der Waals surface area (Å²) in [6, 6.07) is 14.9. The molecule has 0 bridgehead atoms. The van der Waals surface area contributed by atoms with Crippen LogP contribution in [0.1, 0.15) is 11.1 Å². The van der Waals surface area contributed by atoms with E-state index >= 15 is 0 Å². The molecule has 5 heteroatoms. The minimum Gasteiger partial charge on any atom is -0.361 e. The van der Waals surface area contributed by atoms with Crippen molar-refractivity contribution in [3.63, 3.8) is 0 Å². The standard InChI is InChI=1S/C17H18N2O2S/c1-13-7-3-6-10-17(13)22(20,21)19(2)12-14-11-18-16-9-5-4-8-15(14)16/h3-11,18H,12H2,1-2H3. The van der Waals surface area contributed by atoms with Crippen LogP contribution in [0.2, 0.25) is 0 Å². The molecule has 0 spiro atoms. The number of hydrogen-bond acceptors (Lipinski definition) is 2. The lowest BCUT2D eigenvalue weighted by atomic mass is 10.2. The zero-order valence-corrected chi connectivity index (χ0v) is 13.4. The molecule has 4 nitrogen and oxygen atoms in total. The Morgan fingerprint density at radius 3 is 2.50 bits per heavy atom. The Labute approximate surface area is 130 Å². The van der Waals surface area contributed by atoms with Gasteiger partial charge in [0.2, 0.25) is 10.0 Å². The van der Waals surface area contributed by atoms with Gasteiger partial charge in [-0.2, -0.15) is 4.31 Å². The van der Waals surface area contributed by atoms with Crippen LogP contribution in [0, 0.1) is 6.92 Å². The molecular weight excluding hydrogens is 296 g/mol. The van der Waals surface area contributed by atoms with Crippen LogP contribution in [0.4, 0.5) is 0 Å². The highest BCUT2D eigenvalue weighted by molar-refractivity contribution is 7.89. The fourth-order valence-corrected chi connectivity index (χ4v) is 3.97. The number of rotatable bonds is 4. The third kappa shape index (κ3) is 2.53. The zero-order chi connectivity index (χ0) is 15.7. The van der Waals surface area contributed by atoms with Crippen molar-refractivity contribution in [2.24, 2.45) is 0 Å². The van der Waals surface area contributed by atoms with Gasteiger partial charge >= 0.3 is 0 Å². The molecule has 0 saturated heterocycles. The van der Waals surface area contributed by atoms with Crippen molar-refractivity contribution in [2.45, 2.75) is 18.4 Å².